The van der Waals surface area contributed by atoms with Gasteiger partial charge in [-0.3, -0.25) is 4.79 Å². The van der Waals surface area contributed by atoms with Gasteiger partial charge in [-0.25, -0.2) is 0 Å². The molecule has 1 N–H and O–H groups in total. The summed E-state index contributed by atoms with van der Waals surface area (Å²) in [6.07, 6.45) is 8.32. The van der Waals surface area contributed by atoms with E-state index >= 15 is 0 Å². The molecule has 0 heterocycles. The minimum absolute atomic E-state index is 0.00129. The van der Waals surface area contributed by atoms with Crippen LogP contribution in [-0.4, -0.2) is 30.1 Å². The molecule has 27 heavy (non-hydrogen) atoms. The highest BCUT2D eigenvalue weighted by atomic mass is 32.2. The van der Waals surface area contributed by atoms with Crippen molar-refractivity contribution in [3.05, 3.63) is 23.8 Å². The molecule has 4 aliphatic carbocycles. The predicted octanol–water partition coefficient (Wildman–Crippen LogP) is 4.41. The van der Waals surface area contributed by atoms with Crippen LogP contribution in [-0.2, 0) is 11.3 Å². The number of carbonyl (C=O) groups excluding carboxylic acids is 1. The third-order valence-corrected chi connectivity index (χ3v) is 8.26. The smallest absolute Gasteiger partial charge is 0.233 e. The molecule has 4 nitrogen and oxygen atoms in total. The molecule has 1 aromatic rings. The number of benzene rings is 1. The fraction of sp³-hybridized carbons (Fsp3) is 0.682. The number of methoxy groups -OCH3 is 2. The highest BCUT2D eigenvalue weighted by Crippen LogP contribution is 2.61. The summed E-state index contributed by atoms with van der Waals surface area (Å²) in [4.78, 5) is 12.7. The van der Waals surface area contributed by atoms with Crippen LogP contribution in [0, 0.1) is 17.8 Å². The molecule has 4 saturated carbocycles. The number of ether oxygens (including phenoxy) is 2. The third-order valence-electron chi connectivity index (χ3n) is 6.69. The Morgan fingerprint density at radius 2 is 1.70 bits per heavy atom. The summed E-state index contributed by atoms with van der Waals surface area (Å²) in [5.74, 6) is 4.31. The number of thioether (sulfide) groups is 1. The van der Waals surface area contributed by atoms with Crippen LogP contribution in [0.5, 0.6) is 11.5 Å². The van der Waals surface area contributed by atoms with Crippen molar-refractivity contribution in [2.75, 3.05) is 14.2 Å². The summed E-state index contributed by atoms with van der Waals surface area (Å²) in [7, 11) is 3.26. The van der Waals surface area contributed by atoms with Gasteiger partial charge in [0.05, 0.1) is 19.5 Å². The fourth-order valence-electron chi connectivity index (χ4n) is 5.93. The number of hydrogen-bond acceptors (Lipinski definition) is 4. The maximum Gasteiger partial charge on any atom is 0.233 e. The summed E-state index contributed by atoms with van der Waals surface area (Å²) in [5.41, 5.74) is 1.02. The van der Waals surface area contributed by atoms with Crippen LogP contribution in [0.3, 0.4) is 0 Å². The zero-order valence-corrected chi connectivity index (χ0v) is 17.4. The van der Waals surface area contributed by atoms with Gasteiger partial charge in [0.25, 0.3) is 0 Å². The summed E-state index contributed by atoms with van der Waals surface area (Å²) >= 11 is 1.96. The van der Waals surface area contributed by atoms with Crippen molar-refractivity contribution in [2.24, 2.45) is 17.8 Å². The number of nitrogens with one attached hydrogen (secondary N) is 1. The Morgan fingerprint density at radius 1 is 1.11 bits per heavy atom. The highest BCUT2D eigenvalue weighted by Gasteiger charge is 2.52. The van der Waals surface area contributed by atoms with Crippen molar-refractivity contribution in [1.29, 1.82) is 0 Å². The van der Waals surface area contributed by atoms with Crippen molar-refractivity contribution in [3.63, 3.8) is 0 Å². The Morgan fingerprint density at radius 3 is 2.26 bits per heavy atom. The number of hydrogen-bond donors (Lipinski definition) is 1. The topological polar surface area (TPSA) is 47.6 Å². The largest absolute Gasteiger partial charge is 0.493 e. The van der Waals surface area contributed by atoms with Crippen molar-refractivity contribution in [3.8, 4) is 11.5 Å². The standard InChI is InChI=1S/C22H31NO3S/c1-14(27-22-10-16-6-17(11-22)8-18(7-16)12-22)21(24)23-13-15-4-5-19(25-2)20(9-15)26-3/h4-5,9,14,16-18H,6-8,10-13H2,1-3H3,(H,23,24)/t14-,16?,17?,18?,22?/m0/s1. The molecular weight excluding hydrogens is 358 g/mol. The van der Waals surface area contributed by atoms with Gasteiger partial charge in [-0.1, -0.05) is 6.07 Å². The maximum absolute atomic E-state index is 12.7. The van der Waals surface area contributed by atoms with E-state index in [0.717, 1.165) is 23.3 Å². The molecule has 148 valence electrons. The van der Waals surface area contributed by atoms with Crippen LogP contribution in [0.25, 0.3) is 0 Å². The Bertz CT molecular complexity index is 670. The number of carbonyl (C=O) groups is 1. The normalized spacial score (nSPS) is 32.2. The van der Waals surface area contributed by atoms with Crippen LogP contribution in [0.4, 0.5) is 0 Å². The first kappa shape index (κ1) is 19.0. The minimum atomic E-state index is 0.00129. The SMILES string of the molecule is COc1ccc(CNC(=O)[C@H](C)SC23CC4CC(CC(C4)C2)C3)cc1OC. The molecule has 0 unspecified atom stereocenters. The summed E-state index contributed by atoms with van der Waals surface area (Å²) in [5, 5.41) is 3.12. The van der Waals surface area contributed by atoms with Gasteiger partial charge in [-0.2, -0.15) is 0 Å². The first-order valence-corrected chi connectivity index (χ1v) is 11.0. The molecule has 1 atom stereocenters. The van der Waals surface area contributed by atoms with Crippen molar-refractivity contribution in [2.45, 2.75) is 62.0 Å². The van der Waals surface area contributed by atoms with Gasteiger partial charge in [-0.05, 0) is 80.9 Å². The van der Waals surface area contributed by atoms with Gasteiger partial charge in [0.15, 0.2) is 11.5 Å². The molecule has 5 rings (SSSR count). The van der Waals surface area contributed by atoms with E-state index < -0.39 is 0 Å². The maximum atomic E-state index is 12.7. The highest BCUT2D eigenvalue weighted by molar-refractivity contribution is 8.01. The lowest BCUT2D eigenvalue weighted by Crippen LogP contribution is -2.50. The van der Waals surface area contributed by atoms with E-state index in [4.69, 9.17) is 9.47 Å². The van der Waals surface area contributed by atoms with E-state index in [-0.39, 0.29) is 11.2 Å². The zero-order valence-electron chi connectivity index (χ0n) is 16.6. The monoisotopic (exact) mass is 389 g/mol. The van der Waals surface area contributed by atoms with E-state index in [2.05, 4.69) is 12.2 Å². The molecule has 0 saturated heterocycles. The van der Waals surface area contributed by atoms with E-state index in [1.165, 1.54) is 38.5 Å². The molecule has 0 aromatic heterocycles. The van der Waals surface area contributed by atoms with Crippen molar-refractivity contribution >= 4 is 17.7 Å². The van der Waals surface area contributed by atoms with Crippen LogP contribution in [0.1, 0.15) is 51.0 Å². The molecule has 4 aliphatic rings. The molecule has 0 aliphatic heterocycles. The zero-order chi connectivity index (χ0) is 19.0. The van der Waals surface area contributed by atoms with Crippen molar-refractivity contribution < 1.29 is 14.3 Å². The summed E-state index contributed by atoms with van der Waals surface area (Å²) in [6, 6.07) is 5.78. The van der Waals surface area contributed by atoms with Gasteiger partial charge in [0.2, 0.25) is 5.91 Å². The first-order chi connectivity index (χ1) is 13.0. The lowest BCUT2D eigenvalue weighted by atomic mass is 9.56. The fourth-order valence-corrected chi connectivity index (χ4v) is 7.86. The molecule has 1 amide bonds. The Hall–Kier alpha value is -1.36. The summed E-state index contributed by atoms with van der Waals surface area (Å²) < 4.78 is 11.0. The Kier molecular flexibility index (Phi) is 5.32. The molecule has 0 radical (unpaired) electrons. The van der Waals surface area contributed by atoms with E-state index in [0.29, 0.717) is 22.8 Å². The second-order valence-electron chi connectivity index (χ2n) is 8.77. The second kappa shape index (κ2) is 7.57. The molecule has 5 heteroatoms. The quantitative estimate of drug-likeness (QED) is 0.750. The van der Waals surface area contributed by atoms with Crippen LogP contribution < -0.4 is 14.8 Å². The van der Waals surface area contributed by atoms with Gasteiger partial charge >= 0.3 is 0 Å². The number of amides is 1. The first-order valence-electron chi connectivity index (χ1n) is 10.2. The third kappa shape index (κ3) is 3.94. The molecular formula is C22H31NO3S. The van der Waals surface area contributed by atoms with Crippen LogP contribution in [0.2, 0.25) is 0 Å². The lowest BCUT2D eigenvalue weighted by molar-refractivity contribution is -0.120. The van der Waals surface area contributed by atoms with Crippen LogP contribution >= 0.6 is 11.8 Å². The lowest BCUT2D eigenvalue weighted by Gasteiger charge is -2.57. The molecule has 4 bridgehead atoms. The van der Waals surface area contributed by atoms with E-state index in [9.17, 15) is 4.79 Å². The number of rotatable bonds is 7. The van der Waals surface area contributed by atoms with Gasteiger partial charge in [-0.15, -0.1) is 11.8 Å². The average molecular weight is 390 g/mol. The van der Waals surface area contributed by atoms with Crippen LogP contribution in [0.15, 0.2) is 18.2 Å². The average Bonchev–Trinajstić information content (AvgIpc) is 2.64. The predicted molar refractivity (Wildman–Crippen MR) is 109 cm³/mol. The second-order valence-corrected chi connectivity index (χ2v) is 10.6. The molecule has 4 fully saturated rings. The minimum Gasteiger partial charge on any atom is -0.493 e. The van der Waals surface area contributed by atoms with E-state index in [1.807, 2.05) is 30.0 Å². The Labute approximate surface area is 166 Å². The van der Waals surface area contributed by atoms with Gasteiger partial charge in [0.1, 0.15) is 0 Å². The summed E-state index contributed by atoms with van der Waals surface area (Å²) in [6.45, 7) is 2.60. The van der Waals surface area contributed by atoms with Crippen molar-refractivity contribution in [1.82, 2.24) is 5.32 Å². The molecule has 0 spiro atoms. The van der Waals surface area contributed by atoms with E-state index in [1.54, 1.807) is 14.2 Å². The van der Waals surface area contributed by atoms with Gasteiger partial charge < -0.3 is 14.8 Å². The molecule has 1 aromatic carbocycles. The Balaban J connectivity index is 1.33. The van der Waals surface area contributed by atoms with Gasteiger partial charge in [0, 0.05) is 11.3 Å².